The second-order valence-corrected chi connectivity index (χ2v) is 1.71. The summed E-state index contributed by atoms with van der Waals surface area (Å²) >= 11 is 0. The summed E-state index contributed by atoms with van der Waals surface area (Å²) in [6, 6.07) is 0. The zero-order valence-corrected chi connectivity index (χ0v) is 9.49. The Balaban J connectivity index is 0. The quantitative estimate of drug-likeness (QED) is 0.377. The molecule has 0 aromatic carbocycles. The number of rotatable bonds is 4. The van der Waals surface area contributed by atoms with Crippen molar-refractivity contribution in [3.63, 3.8) is 0 Å². The van der Waals surface area contributed by atoms with Gasteiger partial charge in [-0.3, -0.25) is 15.2 Å². The fraction of sp³-hybridized carbons (Fsp3) is 0.667. The standard InChI is InChI=1S/C6H10NO4.Na/c1-3-5(8)10-7-11-6(9)4-2;/h3-4H2,1-2H3;/q-1;+1. The second kappa shape index (κ2) is 8.99. The van der Waals surface area contributed by atoms with E-state index in [9.17, 15) is 9.59 Å². The van der Waals surface area contributed by atoms with E-state index in [4.69, 9.17) is 0 Å². The molecule has 5 nitrogen and oxygen atoms in total. The van der Waals surface area contributed by atoms with Crippen molar-refractivity contribution in [3.05, 3.63) is 5.64 Å². The maximum absolute atomic E-state index is 10.4. The van der Waals surface area contributed by atoms with Gasteiger partial charge in [-0.15, -0.1) is 0 Å². The minimum Gasteiger partial charge on any atom is -0.529 e. The number of hydrogen-bond donors (Lipinski definition) is 0. The maximum atomic E-state index is 10.4. The molecule has 0 bridgehead atoms. The Hall–Kier alpha value is -0.100. The summed E-state index contributed by atoms with van der Waals surface area (Å²) in [4.78, 5) is 29.0. The molecule has 0 saturated heterocycles. The van der Waals surface area contributed by atoms with Crippen LogP contribution in [-0.2, 0) is 19.3 Å². The van der Waals surface area contributed by atoms with Crippen LogP contribution in [0.4, 0.5) is 0 Å². The van der Waals surface area contributed by atoms with Crippen LogP contribution in [0.15, 0.2) is 0 Å². The third kappa shape index (κ3) is 8.00. The van der Waals surface area contributed by atoms with Crippen LogP contribution in [0.3, 0.4) is 0 Å². The third-order valence-electron chi connectivity index (χ3n) is 0.856. The first kappa shape index (κ1) is 14.4. The number of hydrogen-bond acceptors (Lipinski definition) is 4. The molecule has 0 radical (unpaired) electrons. The van der Waals surface area contributed by atoms with Gasteiger partial charge in [-0.1, -0.05) is 13.8 Å². The van der Waals surface area contributed by atoms with Crippen LogP contribution < -0.4 is 29.6 Å². The van der Waals surface area contributed by atoms with Gasteiger partial charge in [0, 0.05) is 12.8 Å². The molecule has 0 N–H and O–H groups in total. The molecule has 64 valence electrons. The Labute approximate surface area is 93.0 Å². The molecular weight excluding hydrogens is 173 g/mol. The Morgan fingerprint density at radius 3 is 1.67 bits per heavy atom. The summed E-state index contributed by atoms with van der Waals surface area (Å²) in [5.41, 5.74) is 2.81. The van der Waals surface area contributed by atoms with Crippen LogP contribution in [0, 0.1) is 0 Å². The summed E-state index contributed by atoms with van der Waals surface area (Å²) in [7, 11) is 0. The molecule has 0 aromatic rings. The van der Waals surface area contributed by atoms with Gasteiger partial charge < -0.3 is 9.68 Å². The molecule has 0 aromatic heterocycles. The van der Waals surface area contributed by atoms with Gasteiger partial charge in [-0.25, -0.2) is 0 Å². The first-order valence-electron chi connectivity index (χ1n) is 3.30. The molecule has 0 unspecified atom stereocenters. The van der Waals surface area contributed by atoms with E-state index >= 15 is 0 Å². The normalized spacial score (nSPS) is 8.17. The predicted molar refractivity (Wildman–Crippen MR) is 36.1 cm³/mol. The van der Waals surface area contributed by atoms with E-state index in [1.165, 1.54) is 0 Å². The minimum absolute atomic E-state index is 0. The summed E-state index contributed by atoms with van der Waals surface area (Å²) in [5, 5.41) is 0. The molecule has 0 aliphatic carbocycles. The number of nitrogens with zero attached hydrogens (tertiary/aromatic N) is 1. The molecular formula is C6H10NNaO4. The molecule has 0 spiro atoms. The van der Waals surface area contributed by atoms with Crippen LogP contribution in [0.1, 0.15) is 26.7 Å². The predicted octanol–water partition coefficient (Wildman–Crippen LogP) is -1.90. The molecule has 6 heteroatoms. The van der Waals surface area contributed by atoms with E-state index in [0.29, 0.717) is 0 Å². The van der Waals surface area contributed by atoms with Crippen molar-refractivity contribution in [1.82, 2.24) is 0 Å². The maximum Gasteiger partial charge on any atom is 1.00 e. The van der Waals surface area contributed by atoms with Crippen molar-refractivity contribution in [2.45, 2.75) is 26.7 Å². The van der Waals surface area contributed by atoms with Crippen LogP contribution >= 0.6 is 0 Å². The second-order valence-electron chi connectivity index (χ2n) is 1.71. The Bertz CT molecular complexity index is 134. The van der Waals surface area contributed by atoms with Crippen molar-refractivity contribution in [3.8, 4) is 0 Å². The van der Waals surface area contributed by atoms with Gasteiger partial charge in [0.1, 0.15) is 0 Å². The topological polar surface area (TPSA) is 66.7 Å². The summed E-state index contributed by atoms with van der Waals surface area (Å²) < 4.78 is 0. The van der Waals surface area contributed by atoms with Crippen LogP contribution in [0.5, 0.6) is 0 Å². The van der Waals surface area contributed by atoms with Gasteiger partial charge in [0.05, 0.1) is 0 Å². The van der Waals surface area contributed by atoms with Crippen molar-refractivity contribution in [1.29, 1.82) is 0 Å². The molecule has 0 amide bonds. The van der Waals surface area contributed by atoms with Crippen molar-refractivity contribution in [2.75, 3.05) is 0 Å². The van der Waals surface area contributed by atoms with Gasteiger partial charge in [-0.2, -0.15) is 0 Å². The molecule has 0 heterocycles. The Morgan fingerprint density at radius 1 is 1.08 bits per heavy atom. The average molecular weight is 183 g/mol. The molecule has 0 aliphatic heterocycles. The zero-order valence-electron chi connectivity index (χ0n) is 7.49. The Kier molecular flexibility index (Phi) is 10.8. The van der Waals surface area contributed by atoms with E-state index in [0.717, 1.165) is 0 Å². The summed E-state index contributed by atoms with van der Waals surface area (Å²) in [6.07, 6.45) is 0.403. The third-order valence-corrected chi connectivity index (χ3v) is 0.856. The van der Waals surface area contributed by atoms with Gasteiger partial charge in [0.25, 0.3) is 11.9 Å². The molecule has 0 saturated carbocycles. The fourth-order valence-corrected chi connectivity index (χ4v) is 0.231. The van der Waals surface area contributed by atoms with Gasteiger partial charge >= 0.3 is 29.6 Å². The van der Waals surface area contributed by atoms with E-state index in [2.05, 4.69) is 15.3 Å². The Morgan fingerprint density at radius 2 is 1.42 bits per heavy atom. The molecule has 12 heavy (non-hydrogen) atoms. The van der Waals surface area contributed by atoms with E-state index in [1.54, 1.807) is 13.8 Å². The number of carbonyl (C=O) groups excluding carboxylic acids is 2. The number of carbonyl (C=O) groups is 2. The van der Waals surface area contributed by atoms with Crippen molar-refractivity contribution >= 4 is 11.9 Å². The smallest absolute Gasteiger partial charge is 0.529 e. The molecule has 0 atom stereocenters. The average Bonchev–Trinajstić information content (AvgIpc) is 2.04. The van der Waals surface area contributed by atoms with Gasteiger partial charge in [0.2, 0.25) is 0 Å². The monoisotopic (exact) mass is 183 g/mol. The van der Waals surface area contributed by atoms with Crippen LogP contribution in [0.2, 0.25) is 0 Å². The van der Waals surface area contributed by atoms with E-state index in [1.807, 2.05) is 0 Å². The van der Waals surface area contributed by atoms with Gasteiger partial charge in [-0.05, 0) is 0 Å². The first-order valence-corrected chi connectivity index (χ1v) is 3.30. The van der Waals surface area contributed by atoms with Crippen molar-refractivity contribution in [2.24, 2.45) is 0 Å². The summed E-state index contributed by atoms with van der Waals surface area (Å²) in [6.45, 7) is 3.22. The van der Waals surface area contributed by atoms with Crippen LogP contribution in [0.25, 0.3) is 5.64 Å². The minimum atomic E-state index is -0.533. The van der Waals surface area contributed by atoms with E-state index < -0.39 is 11.9 Å². The molecule has 0 fully saturated rings. The molecule has 0 rings (SSSR count). The summed E-state index contributed by atoms with van der Waals surface area (Å²) in [5.74, 6) is -1.07. The van der Waals surface area contributed by atoms with Crippen molar-refractivity contribution < 1.29 is 48.8 Å². The van der Waals surface area contributed by atoms with Gasteiger partial charge in [0.15, 0.2) is 0 Å². The largest absolute Gasteiger partial charge is 1.00 e. The first-order chi connectivity index (χ1) is 5.20. The fourth-order valence-electron chi connectivity index (χ4n) is 0.231. The van der Waals surface area contributed by atoms with Crippen LogP contribution in [-0.4, -0.2) is 11.9 Å². The molecule has 0 aliphatic rings. The van der Waals surface area contributed by atoms with E-state index in [-0.39, 0.29) is 42.4 Å². The zero-order chi connectivity index (χ0) is 8.69. The SMILES string of the molecule is CCC(=O)O[N-]OC(=O)CC.[Na+].